The average Bonchev–Trinajstić information content (AvgIpc) is 2.77. The molecule has 0 aromatic heterocycles. The predicted molar refractivity (Wildman–Crippen MR) is 117 cm³/mol. The van der Waals surface area contributed by atoms with Gasteiger partial charge in [0.1, 0.15) is 17.2 Å². The van der Waals surface area contributed by atoms with Crippen molar-refractivity contribution in [3.8, 4) is 17.2 Å². The summed E-state index contributed by atoms with van der Waals surface area (Å²) < 4.78 is 44.5. The van der Waals surface area contributed by atoms with Gasteiger partial charge < -0.3 is 14.2 Å². The molecule has 3 rings (SSSR count). The molecular weight excluding hydrogens is 402 g/mol. The molecule has 3 aromatic rings. The third-order valence-electron chi connectivity index (χ3n) is 4.85. The van der Waals surface area contributed by atoms with Gasteiger partial charge >= 0.3 is 0 Å². The zero-order chi connectivity index (χ0) is 21.7. The van der Waals surface area contributed by atoms with Gasteiger partial charge in [0.2, 0.25) is 0 Å². The highest BCUT2D eigenvalue weighted by Crippen LogP contribution is 2.33. The minimum Gasteiger partial charge on any atom is -0.497 e. The summed E-state index contributed by atoms with van der Waals surface area (Å²) in [6.07, 6.45) is 0. The van der Waals surface area contributed by atoms with E-state index in [1.54, 1.807) is 30.3 Å². The van der Waals surface area contributed by atoms with Gasteiger partial charge in [-0.05, 0) is 42.3 Å². The molecule has 0 aliphatic carbocycles. The Labute approximate surface area is 177 Å². The van der Waals surface area contributed by atoms with E-state index in [2.05, 4.69) is 0 Å². The first kappa shape index (κ1) is 21.5. The number of hydrogen-bond donors (Lipinski definition) is 0. The second-order valence-electron chi connectivity index (χ2n) is 6.68. The zero-order valence-electron chi connectivity index (χ0n) is 17.5. The maximum Gasteiger partial charge on any atom is 0.264 e. The lowest BCUT2D eigenvalue weighted by Crippen LogP contribution is -2.31. The highest BCUT2D eigenvalue weighted by atomic mass is 32.2. The lowest BCUT2D eigenvalue weighted by Gasteiger charge is -2.26. The number of ether oxygens (including phenoxy) is 3. The van der Waals surface area contributed by atoms with E-state index in [9.17, 15) is 8.42 Å². The third kappa shape index (κ3) is 4.52. The van der Waals surface area contributed by atoms with Crippen LogP contribution in [0, 0.1) is 6.92 Å². The minimum absolute atomic E-state index is 0.164. The smallest absolute Gasteiger partial charge is 0.264 e. The molecule has 0 aliphatic rings. The molecule has 0 amide bonds. The summed E-state index contributed by atoms with van der Waals surface area (Å²) in [5.74, 6) is 1.59. The SMILES string of the molecule is COc1ccc(S(=O)(=O)N(Cc2ccccc2C)c2cc(OC)cc(OC)c2)cc1. The number of methoxy groups -OCH3 is 3. The molecule has 158 valence electrons. The summed E-state index contributed by atoms with van der Waals surface area (Å²) in [7, 11) is 0.721. The highest BCUT2D eigenvalue weighted by Gasteiger charge is 2.27. The van der Waals surface area contributed by atoms with Crippen molar-refractivity contribution in [2.24, 2.45) is 0 Å². The number of benzene rings is 3. The van der Waals surface area contributed by atoms with E-state index in [4.69, 9.17) is 14.2 Å². The summed E-state index contributed by atoms with van der Waals surface area (Å²) in [6, 6.07) is 19.1. The molecule has 0 heterocycles. The minimum atomic E-state index is -3.88. The molecule has 0 unspecified atom stereocenters. The van der Waals surface area contributed by atoms with Crippen LogP contribution in [0.25, 0.3) is 0 Å². The second kappa shape index (κ2) is 9.09. The molecular formula is C23H25NO5S. The Morgan fingerprint density at radius 3 is 1.87 bits per heavy atom. The topological polar surface area (TPSA) is 65.1 Å². The van der Waals surface area contributed by atoms with Crippen LogP contribution < -0.4 is 18.5 Å². The molecule has 7 heteroatoms. The van der Waals surface area contributed by atoms with E-state index in [0.717, 1.165) is 11.1 Å². The summed E-state index contributed by atoms with van der Waals surface area (Å²) in [5, 5.41) is 0. The average molecular weight is 428 g/mol. The number of aryl methyl sites for hydroxylation is 1. The quantitative estimate of drug-likeness (QED) is 0.533. The first-order valence-electron chi connectivity index (χ1n) is 9.33. The second-order valence-corrected chi connectivity index (χ2v) is 8.55. The lowest BCUT2D eigenvalue weighted by molar-refractivity contribution is 0.394. The Balaban J connectivity index is 2.15. The van der Waals surface area contributed by atoms with Crippen LogP contribution in [0.15, 0.2) is 71.6 Å². The molecule has 0 aliphatic heterocycles. The van der Waals surface area contributed by atoms with E-state index >= 15 is 0 Å². The molecule has 6 nitrogen and oxygen atoms in total. The Hall–Kier alpha value is -3.19. The Morgan fingerprint density at radius 1 is 0.767 bits per heavy atom. The van der Waals surface area contributed by atoms with Gasteiger partial charge in [0.05, 0.1) is 38.5 Å². The molecule has 0 radical (unpaired) electrons. The van der Waals surface area contributed by atoms with Gasteiger partial charge in [-0.25, -0.2) is 8.42 Å². The Morgan fingerprint density at radius 2 is 1.33 bits per heavy atom. The van der Waals surface area contributed by atoms with Crippen LogP contribution in [0.2, 0.25) is 0 Å². The molecule has 0 spiro atoms. The van der Waals surface area contributed by atoms with Gasteiger partial charge in [0, 0.05) is 18.2 Å². The van der Waals surface area contributed by atoms with Gasteiger partial charge in [0.25, 0.3) is 10.0 Å². The molecule has 0 saturated carbocycles. The van der Waals surface area contributed by atoms with Gasteiger partial charge in [-0.15, -0.1) is 0 Å². The first-order valence-corrected chi connectivity index (χ1v) is 10.8. The fraction of sp³-hybridized carbons (Fsp3) is 0.217. The Bertz CT molecular complexity index is 1090. The van der Waals surface area contributed by atoms with Gasteiger partial charge in [-0.2, -0.15) is 0 Å². The molecule has 0 bridgehead atoms. The fourth-order valence-corrected chi connectivity index (χ4v) is 4.50. The number of rotatable bonds is 8. The molecule has 3 aromatic carbocycles. The first-order chi connectivity index (χ1) is 14.4. The predicted octanol–water partition coefficient (Wildman–Crippen LogP) is 4.42. The fourth-order valence-electron chi connectivity index (χ4n) is 3.07. The molecule has 0 atom stereocenters. The van der Waals surface area contributed by atoms with Crippen LogP contribution in [-0.2, 0) is 16.6 Å². The van der Waals surface area contributed by atoms with Crippen molar-refractivity contribution in [2.75, 3.05) is 25.6 Å². The van der Waals surface area contributed by atoms with E-state index in [1.165, 1.54) is 37.8 Å². The van der Waals surface area contributed by atoms with E-state index in [0.29, 0.717) is 22.9 Å². The van der Waals surface area contributed by atoms with Crippen molar-refractivity contribution in [3.05, 3.63) is 77.9 Å². The normalized spacial score (nSPS) is 11.1. The van der Waals surface area contributed by atoms with Crippen LogP contribution in [0.4, 0.5) is 5.69 Å². The van der Waals surface area contributed by atoms with E-state index < -0.39 is 10.0 Å². The van der Waals surface area contributed by atoms with Crippen molar-refractivity contribution in [1.82, 2.24) is 0 Å². The van der Waals surface area contributed by atoms with Crippen molar-refractivity contribution in [2.45, 2.75) is 18.4 Å². The van der Waals surface area contributed by atoms with Crippen molar-refractivity contribution < 1.29 is 22.6 Å². The third-order valence-corrected chi connectivity index (χ3v) is 6.63. The van der Waals surface area contributed by atoms with Gasteiger partial charge in [-0.1, -0.05) is 24.3 Å². The Kier molecular flexibility index (Phi) is 6.52. The lowest BCUT2D eigenvalue weighted by atomic mass is 10.1. The summed E-state index contributed by atoms with van der Waals surface area (Å²) in [5.41, 5.74) is 2.35. The van der Waals surface area contributed by atoms with Crippen molar-refractivity contribution in [3.63, 3.8) is 0 Å². The summed E-state index contributed by atoms with van der Waals surface area (Å²) in [4.78, 5) is 0.165. The van der Waals surface area contributed by atoms with Crippen molar-refractivity contribution >= 4 is 15.7 Å². The van der Waals surface area contributed by atoms with Crippen molar-refractivity contribution in [1.29, 1.82) is 0 Å². The molecule has 0 fully saturated rings. The van der Waals surface area contributed by atoms with Crippen LogP contribution in [0.3, 0.4) is 0 Å². The molecule has 0 N–H and O–H groups in total. The largest absolute Gasteiger partial charge is 0.497 e. The highest BCUT2D eigenvalue weighted by molar-refractivity contribution is 7.92. The molecule has 0 saturated heterocycles. The maximum absolute atomic E-state index is 13.7. The van der Waals surface area contributed by atoms with Gasteiger partial charge in [-0.3, -0.25) is 4.31 Å². The van der Waals surface area contributed by atoms with E-state index in [1.807, 2.05) is 31.2 Å². The van der Waals surface area contributed by atoms with Crippen LogP contribution >= 0.6 is 0 Å². The standard InChI is InChI=1S/C23H25NO5S/c1-17-7-5-6-8-18(17)16-24(19-13-21(28-3)15-22(14-19)29-4)30(25,26)23-11-9-20(27-2)10-12-23/h5-15H,16H2,1-4H3. The van der Waals surface area contributed by atoms with Crippen LogP contribution in [-0.4, -0.2) is 29.7 Å². The molecule has 30 heavy (non-hydrogen) atoms. The number of hydrogen-bond acceptors (Lipinski definition) is 5. The number of sulfonamides is 1. The van der Waals surface area contributed by atoms with Crippen LogP contribution in [0.1, 0.15) is 11.1 Å². The monoisotopic (exact) mass is 427 g/mol. The number of anilines is 1. The summed E-state index contributed by atoms with van der Waals surface area (Å²) in [6.45, 7) is 2.12. The van der Waals surface area contributed by atoms with Gasteiger partial charge in [0.15, 0.2) is 0 Å². The zero-order valence-corrected chi connectivity index (χ0v) is 18.3. The van der Waals surface area contributed by atoms with E-state index in [-0.39, 0.29) is 11.4 Å². The van der Waals surface area contributed by atoms with Crippen LogP contribution in [0.5, 0.6) is 17.2 Å². The summed E-state index contributed by atoms with van der Waals surface area (Å²) >= 11 is 0. The maximum atomic E-state index is 13.7. The number of nitrogens with zero attached hydrogens (tertiary/aromatic N) is 1.